The van der Waals surface area contributed by atoms with Gasteiger partial charge in [-0.3, -0.25) is 9.59 Å². The van der Waals surface area contributed by atoms with Crippen molar-refractivity contribution in [3.05, 3.63) is 30.6 Å². The molecule has 0 spiro atoms. The molecule has 2 amide bonds. The van der Waals surface area contributed by atoms with Gasteiger partial charge in [-0.25, -0.2) is 9.97 Å². The Hall–Kier alpha value is -2.61. The average Bonchev–Trinajstić information content (AvgIpc) is 2.98. The lowest BCUT2D eigenvalue weighted by atomic mass is 10.2. The SMILES string of the molecule is CCNC(=O)CNC(=O)CSc1ncnc2c1oc1ccccc12. The first kappa shape index (κ1) is 16.3. The summed E-state index contributed by atoms with van der Waals surface area (Å²) in [4.78, 5) is 31.6. The number of para-hydroxylation sites is 1. The van der Waals surface area contributed by atoms with Crippen LogP contribution in [0.4, 0.5) is 0 Å². The van der Waals surface area contributed by atoms with Gasteiger partial charge in [-0.05, 0) is 19.1 Å². The molecule has 3 aromatic rings. The van der Waals surface area contributed by atoms with Crippen LogP contribution in [0.1, 0.15) is 6.92 Å². The quantitative estimate of drug-likeness (QED) is 0.522. The van der Waals surface area contributed by atoms with Gasteiger partial charge in [-0.1, -0.05) is 23.9 Å². The molecule has 24 heavy (non-hydrogen) atoms. The van der Waals surface area contributed by atoms with Crippen molar-refractivity contribution in [1.29, 1.82) is 0 Å². The molecule has 0 unspecified atom stereocenters. The van der Waals surface area contributed by atoms with Crippen molar-refractivity contribution >= 4 is 45.6 Å². The van der Waals surface area contributed by atoms with Crippen LogP contribution in [0, 0.1) is 0 Å². The zero-order chi connectivity index (χ0) is 16.9. The largest absolute Gasteiger partial charge is 0.451 e. The zero-order valence-corrected chi connectivity index (χ0v) is 13.9. The van der Waals surface area contributed by atoms with Crippen molar-refractivity contribution in [2.75, 3.05) is 18.8 Å². The maximum Gasteiger partial charge on any atom is 0.239 e. The summed E-state index contributed by atoms with van der Waals surface area (Å²) >= 11 is 1.25. The fourth-order valence-electron chi connectivity index (χ4n) is 2.23. The highest BCUT2D eigenvalue weighted by Gasteiger charge is 2.14. The third kappa shape index (κ3) is 3.48. The summed E-state index contributed by atoms with van der Waals surface area (Å²) < 4.78 is 5.80. The second-order valence-electron chi connectivity index (χ2n) is 4.97. The van der Waals surface area contributed by atoms with E-state index in [1.54, 1.807) is 0 Å². The van der Waals surface area contributed by atoms with Gasteiger partial charge in [0.1, 0.15) is 22.5 Å². The molecule has 2 aromatic heterocycles. The molecule has 0 fully saturated rings. The number of aromatic nitrogens is 2. The molecule has 1 aromatic carbocycles. The molecule has 3 rings (SSSR count). The number of benzene rings is 1. The molecule has 0 aliphatic carbocycles. The Bertz CT molecular complexity index is 893. The van der Waals surface area contributed by atoms with E-state index in [1.165, 1.54) is 18.1 Å². The molecular weight excluding hydrogens is 328 g/mol. The number of carbonyl (C=O) groups excluding carboxylic acids is 2. The van der Waals surface area contributed by atoms with Gasteiger partial charge >= 0.3 is 0 Å². The van der Waals surface area contributed by atoms with Crippen molar-refractivity contribution in [2.24, 2.45) is 0 Å². The summed E-state index contributed by atoms with van der Waals surface area (Å²) in [5.41, 5.74) is 2.03. The standard InChI is InChI=1S/C16H16N4O3S/c1-2-17-12(21)7-18-13(22)8-24-16-15-14(19-9-20-16)10-5-3-4-6-11(10)23-15/h3-6,9H,2,7-8H2,1H3,(H,17,21)(H,18,22). The number of furan rings is 1. The summed E-state index contributed by atoms with van der Waals surface area (Å²) in [6, 6.07) is 7.60. The Morgan fingerprint density at radius 3 is 2.83 bits per heavy atom. The van der Waals surface area contributed by atoms with Gasteiger partial charge in [0, 0.05) is 11.9 Å². The molecule has 2 heterocycles. The van der Waals surface area contributed by atoms with E-state index in [4.69, 9.17) is 4.42 Å². The number of amides is 2. The Labute approximate surface area is 142 Å². The number of hydrogen-bond acceptors (Lipinski definition) is 6. The van der Waals surface area contributed by atoms with Crippen LogP contribution in [-0.2, 0) is 9.59 Å². The highest BCUT2D eigenvalue weighted by molar-refractivity contribution is 8.00. The van der Waals surface area contributed by atoms with E-state index in [2.05, 4.69) is 20.6 Å². The van der Waals surface area contributed by atoms with Crippen LogP contribution in [0.5, 0.6) is 0 Å². The predicted molar refractivity (Wildman–Crippen MR) is 91.7 cm³/mol. The Morgan fingerprint density at radius 2 is 2.00 bits per heavy atom. The maximum absolute atomic E-state index is 11.8. The number of nitrogens with one attached hydrogen (secondary N) is 2. The van der Waals surface area contributed by atoms with E-state index in [9.17, 15) is 9.59 Å². The van der Waals surface area contributed by atoms with Gasteiger partial charge in [0.15, 0.2) is 5.58 Å². The Balaban J connectivity index is 1.69. The molecule has 0 saturated heterocycles. The molecule has 0 radical (unpaired) electrons. The third-order valence-corrected chi connectivity index (χ3v) is 4.26. The van der Waals surface area contributed by atoms with E-state index < -0.39 is 0 Å². The van der Waals surface area contributed by atoms with Gasteiger partial charge in [0.25, 0.3) is 0 Å². The van der Waals surface area contributed by atoms with Gasteiger partial charge < -0.3 is 15.1 Å². The fourth-order valence-corrected chi connectivity index (χ4v) is 2.99. The highest BCUT2D eigenvalue weighted by atomic mass is 32.2. The number of nitrogens with zero attached hydrogens (tertiary/aromatic N) is 2. The molecule has 0 aliphatic rings. The van der Waals surface area contributed by atoms with Gasteiger partial charge in [0.05, 0.1) is 12.3 Å². The normalized spacial score (nSPS) is 10.9. The van der Waals surface area contributed by atoms with Crippen LogP contribution in [0.3, 0.4) is 0 Å². The van der Waals surface area contributed by atoms with E-state index >= 15 is 0 Å². The van der Waals surface area contributed by atoms with Crippen LogP contribution in [0.15, 0.2) is 40.0 Å². The summed E-state index contributed by atoms with van der Waals surface area (Å²) in [7, 11) is 0. The van der Waals surface area contributed by atoms with Crippen LogP contribution in [0.2, 0.25) is 0 Å². The number of thioether (sulfide) groups is 1. The third-order valence-electron chi connectivity index (χ3n) is 3.29. The van der Waals surface area contributed by atoms with Crippen molar-refractivity contribution < 1.29 is 14.0 Å². The molecule has 0 saturated carbocycles. The smallest absolute Gasteiger partial charge is 0.239 e. The van der Waals surface area contributed by atoms with Crippen LogP contribution < -0.4 is 10.6 Å². The summed E-state index contributed by atoms with van der Waals surface area (Å²) in [6.45, 7) is 2.33. The number of fused-ring (bicyclic) bond motifs is 3. The van der Waals surface area contributed by atoms with Crippen molar-refractivity contribution in [3.8, 4) is 0 Å². The minimum atomic E-state index is -0.242. The molecule has 0 atom stereocenters. The Morgan fingerprint density at radius 1 is 1.17 bits per heavy atom. The predicted octanol–water partition coefficient (Wildman–Crippen LogP) is 1.72. The summed E-state index contributed by atoms with van der Waals surface area (Å²) in [5, 5.41) is 6.70. The van der Waals surface area contributed by atoms with E-state index in [1.807, 2.05) is 31.2 Å². The molecular formula is C16H16N4O3S. The molecule has 0 bridgehead atoms. The van der Waals surface area contributed by atoms with E-state index in [-0.39, 0.29) is 24.1 Å². The van der Waals surface area contributed by atoms with Crippen molar-refractivity contribution in [2.45, 2.75) is 11.9 Å². The molecule has 0 aliphatic heterocycles. The van der Waals surface area contributed by atoms with Crippen molar-refractivity contribution in [1.82, 2.24) is 20.6 Å². The van der Waals surface area contributed by atoms with Crippen LogP contribution in [-0.4, -0.2) is 40.6 Å². The first-order valence-corrected chi connectivity index (χ1v) is 8.46. The van der Waals surface area contributed by atoms with Gasteiger partial charge in [-0.2, -0.15) is 0 Å². The Kier molecular flexibility index (Phi) is 4.95. The average molecular weight is 344 g/mol. The van der Waals surface area contributed by atoms with Crippen LogP contribution >= 0.6 is 11.8 Å². The second-order valence-corrected chi connectivity index (χ2v) is 5.94. The fraction of sp³-hybridized carbons (Fsp3) is 0.250. The minimum Gasteiger partial charge on any atom is -0.451 e. The van der Waals surface area contributed by atoms with E-state index in [0.29, 0.717) is 17.2 Å². The first-order chi connectivity index (χ1) is 11.7. The van der Waals surface area contributed by atoms with E-state index in [0.717, 1.165) is 16.5 Å². The molecule has 2 N–H and O–H groups in total. The first-order valence-electron chi connectivity index (χ1n) is 7.47. The lowest BCUT2D eigenvalue weighted by Crippen LogP contribution is -2.37. The number of likely N-dealkylation sites (N-methyl/N-ethyl adjacent to an activating group) is 1. The molecule has 8 heteroatoms. The number of rotatable bonds is 6. The lowest BCUT2D eigenvalue weighted by molar-refractivity contribution is -0.124. The molecule has 124 valence electrons. The monoisotopic (exact) mass is 344 g/mol. The maximum atomic E-state index is 11.8. The van der Waals surface area contributed by atoms with Crippen LogP contribution in [0.25, 0.3) is 22.1 Å². The second kappa shape index (κ2) is 7.31. The molecule has 7 nitrogen and oxygen atoms in total. The highest BCUT2D eigenvalue weighted by Crippen LogP contribution is 2.32. The van der Waals surface area contributed by atoms with Crippen molar-refractivity contribution in [3.63, 3.8) is 0 Å². The summed E-state index contributed by atoms with van der Waals surface area (Å²) in [6.07, 6.45) is 1.46. The number of carbonyl (C=O) groups is 2. The summed E-state index contributed by atoms with van der Waals surface area (Å²) in [5.74, 6) is -0.311. The van der Waals surface area contributed by atoms with Gasteiger partial charge in [0.2, 0.25) is 11.8 Å². The topological polar surface area (TPSA) is 97.1 Å². The minimum absolute atomic E-state index is 0.0307. The van der Waals surface area contributed by atoms with Gasteiger partial charge in [-0.15, -0.1) is 0 Å². The lowest BCUT2D eigenvalue weighted by Gasteiger charge is -2.05. The number of hydrogen-bond donors (Lipinski definition) is 2. The zero-order valence-electron chi connectivity index (χ0n) is 13.0.